The molecule has 2 heterocycles. The Morgan fingerprint density at radius 1 is 1.24 bits per heavy atom. The van der Waals surface area contributed by atoms with E-state index in [0.717, 1.165) is 11.3 Å². The molecule has 108 valence electrons. The molecular weight excluding hydrogens is 266 g/mol. The number of hydrogen-bond donors (Lipinski definition) is 0. The van der Waals surface area contributed by atoms with Crippen LogP contribution in [-0.4, -0.2) is 23.4 Å². The van der Waals surface area contributed by atoms with Crippen molar-refractivity contribution < 1.29 is 14.3 Å². The van der Waals surface area contributed by atoms with Crippen molar-refractivity contribution in [1.29, 1.82) is 0 Å². The molecule has 1 aliphatic rings. The summed E-state index contributed by atoms with van der Waals surface area (Å²) >= 11 is 0. The molecule has 0 amide bonds. The molecule has 0 radical (unpaired) electrons. The maximum absolute atomic E-state index is 12.7. The smallest absolute Gasteiger partial charge is 0.314 e. The largest absolute Gasteiger partial charge is 0.469 e. The molecule has 0 fully saturated rings. The van der Waals surface area contributed by atoms with Gasteiger partial charge in [-0.15, -0.1) is 0 Å². The van der Waals surface area contributed by atoms with Gasteiger partial charge in [0.25, 0.3) is 0 Å². The van der Waals surface area contributed by atoms with Crippen LogP contribution in [0.15, 0.2) is 36.4 Å². The van der Waals surface area contributed by atoms with Crippen molar-refractivity contribution in [1.82, 2.24) is 4.57 Å². The number of benzene rings is 1. The minimum absolute atomic E-state index is 0.00451. The summed E-state index contributed by atoms with van der Waals surface area (Å²) < 4.78 is 6.81. The van der Waals surface area contributed by atoms with Crippen LogP contribution in [-0.2, 0) is 16.1 Å². The van der Waals surface area contributed by atoms with Crippen molar-refractivity contribution in [2.75, 3.05) is 7.11 Å². The molecule has 0 spiro atoms. The number of carbonyl (C=O) groups is 2. The van der Waals surface area contributed by atoms with Gasteiger partial charge >= 0.3 is 5.97 Å². The van der Waals surface area contributed by atoms with Gasteiger partial charge in [0.15, 0.2) is 0 Å². The zero-order valence-electron chi connectivity index (χ0n) is 12.1. The number of aryl methyl sites for hydroxylation is 1. The molecule has 0 aliphatic carbocycles. The van der Waals surface area contributed by atoms with Gasteiger partial charge in [0.1, 0.15) is 0 Å². The lowest BCUT2D eigenvalue weighted by molar-refractivity contribution is -0.142. The van der Waals surface area contributed by atoms with E-state index in [2.05, 4.69) is 0 Å². The van der Waals surface area contributed by atoms with E-state index in [1.807, 2.05) is 47.9 Å². The zero-order chi connectivity index (χ0) is 15.0. The van der Waals surface area contributed by atoms with Gasteiger partial charge in [-0.1, -0.05) is 30.3 Å². The van der Waals surface area contributed by atoms with Crippen molar-refractivity contribution >= 4 is 11.8 Å². The molecule has 1 atom stereocenters. The molecule has 21 heavy (non-hydrogen) atoms. The Hall–Kier alpha value is -2.36. The molecule has 1 aliphatic heterocycles. The summed E-state index contributed by atoms with van der Waals surface area (Å²) in [5.41, 5.74) is 3.15. The van der Waals surface area contributed by atoms with Gasteiger partial charge in [0.2, 0.25) is 5.78 Å². The highest BCUT2D eigenvalue weighted by molar-refractivity contribution is 6.09. The number of ketones is 1. The molecule has 0 saturated heterocycles. The third-order valence-electron chi connectivity index (χ3n) is 4.05. The fraction of sp³-hybridized carbons (Fsp3) is 0.294. The minimum atomic E-state index is -0.258. The Balaban J connectivity index is 2.03. The van der Waals surface area contributed by atoms with Gasteiger partial charge in [-0.05, 0) is 25.0 Å². The highest BCUT2D eigenvalue weighted by Crippen LogP contribution is 2.34. The highest BCUT2D eigenvalue weighted by atomic mass is 16.5. The Kier molecular flexibility index (Phi) is 3.37. The Morgan fingerprint density at radius 2 is 1.95 bits per heavy atom. The van der Waals surface area contributed by atoms with E-state index in [1.165, 1.54) is 7.11 Å². The van der Waals surface area contributed by atoms with Gasteiger partial charge in [-0.25, -0.2) is 0 Å². The second-order valence-corrected chi connectivity index (χ2v) is 5.31. The van der Waals surface area contributed by atoms with E-state index >= 15 is 0 Å². The van der Waals surface area contributed by atoms with Crippen molar-refractivity contribution in [3.63, 3.8) is 0 Å². The minimum Gasteiger partial charge on any atom is -0.469 e. The quantitative estimate of drug-likeness (QED) is 0.643. The summed E-state index contributed by atoms with van der Waals surface area (Å²) in [5.74, 6) is -0.485. The van der Waals surface area contributed by atoms with E-state index < -0.39 is 0 Å². The number of nitrogens with zero attached hydrogens (tertiary/aromatic N) is 1. The molecule has 1 unspecified atom stereocenters. The van der Waals surface area contributed by atoms with Gasteiger partial charge in [-0.3, -0.25) is 9.59 Å². The molecule has 0 bridgehead atoms. The van der Waals surface area contributed by atoms with Crippen molar-refractivity contribution in [3.8, 4) is 0 Å². The molecular formula is C17H17NO3. The van der Waals surface area contributed by atoms with Crippen LogP contribution in [0.25, 0.3) is 0 Å². The molecule has 4 heteroatoms. The summed E-state index contributed by atoms with van der Waals surface area (Å²) in [6.07, 6.45) is 0.692. The van der Waals surface area contributed by atoms with E-state index in [1.54, 1.807) is 0 Å². The van der Waals surface area contributed by atoms with E-state index in [0.29, 0.717) is 24.2 Å². The van der Waals surface area contributed by atoms with Crippen LogP contribution >= 0.6 is 0 Å². The topological polar surface area (TPSA) is 48.3 Å². The monoisotopic (exact) mass is 283 g/mol. The van der Waals surface area contributed by atoms with E-state index in [9.17, 15) is 9.59 Å². The number of fused-ring (bicyclic) bond motifs is 1. The fourth-order valence-electron chi connectivity index (χ4n) is 3.05. The van der Waals surface area contributed by atoms with Gasteiger partial charge in [0.05, 0.1) is 18.7 Å². The summed E-state index contributed by atoms with van der Waals surface area (Å²) in [5, 5.41) is 0. The molecule has 0 N–H and O–H groups in total. The average Bonchev–Trinajstić information content (AvgIpc) is 3.04. The number of rotatable bonds is 3. The van der Waals surface area contributed by atoms with Gasteiger partial charge < -0.3 is 9.30 Å². The Bertz CT molecular complexity index is 700. The number of carbonyl (C=O) groups excluding carboxylic acids is 2. The highest BCUT2D eigenvalue weighted by Gasteiger charge is 2.33. The lowest BCUT2D eigenvalue weighted by Gasteiger charge is -2.07. The lowest BCUT2D eigenvalue weighted by atomic mass is 10.0. The van der Waals surface area contributed by atoms with Crippen LogP contribution in [0.2, 0.25) is 0 Å². The van der Waals surface area contributed by atoms with Crippen LogP contribution in [0.5, 0.6) is 0 Å². The first-order valence-corrected chi connectivity index (χ1v) is 7.01. The third kappa shape index (κ3) is 2.17. The standard InChI is InChI=1S/C17H17NO3/c1-11-10-14-13(17(20)21-2)8-9-18(14)15(11)16(19)12-6-4-3-5-7-12/h3-7,10,13H,8-9H2,1-2H3. The van der Waals surface area contributed by atoms with E-state index in [4.69, 9.17) is 4.74 Å². The molecule has 2 aromatic rings. The maximum Gasteiger partial charge on any atom is 0.314 e. The van der Waals surface area contributed by atoms with Gasteiger partial charge in [0, 0.05) is 17.8 Å². The van der Waals surface area contributed by atoms with Gasteiger partial charge in [-0.2, -0.15) is 0 Å². The van der Waals surface area contributed by atoms with E-state index in [-0.39, 0.29) is 17.7 Å². The van der Waals surface area contributed by atoms with Crippen LogP contribution in [0.4, 0.5) is 0 Å². The first-order chi connectivity index (χ1) is 10.1. The zero-order valence-corrected chi connectivity index (χ0v) is 12.1. The fourth-order valence-corrected chi connectivity index (χ4v) is 3.05. The number of ether oxygens (including phenoxy) is 1. The van der Waals surface area contributed by atoms with Crippen LogP contribution in [0.1, 0.15) is 39.6 Å². The molecule has 4 nitrogen and oxygen atoms in total. The van der Waals surface area contributed by atoms with Crippen molar-refractivity contribution in [3.05, 3.63) is 58.9 Å². The lowest BCUT2D eigenvalue weighted by Crippen LogP contribution is -2.12. The number of methoxy groups -OCH3 is 1. The average molecular weight is 283 g/mol. The predicted molar refractivity (Wildman–Crippen MR) is 78.4 cm³/mol. The van der Waals surface area contributed by atoms with Crippen molar-refractivity contribution in [2.24, 2.45) is 0 Å². The Morgan fingerprint density at radius 3 is 2.62 bits per heavy atom. The molecule has 3 rings (SSSR count). The third-order valence-corrected chi connectivity index (χ3v) is 4.05. The summed E-state index contributed by atoms with van der Waals surface area (Å²) in [6, 6.07) is 11.2. The van der Waals surface area contributed by atoms with Crippen LogP contribution < -0.4 is 0 Å². The summed E-state index contributed by atoms with van der Waals surface area (Å²) in [4.78, 5) is 24.5. The molecule has 0 saturated carbocycles. The summed E-state index contributed by atoms with van der Waals surface area (Å²) in [6.45, 7) is 2.59. The Labute approximate surface area is 123 Å². The second kappa shape index (κ2) is 5.20. The SMILES string of the molecule is COC(=O)C1CCn2c1cc(C)c2C(=O)c1ccccc1. The molecule has 1 aromatic carbocycles. The number of esters is 1. The van der Waals surface area contributed by atoms with Crippen LogP contribution in [0.3, 0.4) is 0 Å². The second-order valence-electron chi connectivity index (χ2n) is 5.31. The van der Waals surface area contributed by atoms with Crippen molar-refractivity contribution in [2.45, 2.75) is 25.8 Å². The maximum atomic E-state index is 12.7. The number of aromatic nitrogens is 1. The normalized spacial score (nSPS) is 16.6. The summed E-state index contributed by atoms with van der Waals surface area (Å²) in [7, 11) is 1.40. The first kappa shape index (κ1) is 13.6. The molecule has 1 aromatic heterocycles. The first-order valence-electron chi connectivity index (χ1n) is 7.01. The predicted octanol–water partition coefficient (Wildman–Crippen LogP) is 2.69. The van der Waals surface area contributed by atoms with Crippen LogP contribution in [0, 0.1) is 6.92 Å². The number of hydrogen-bond acceptors (Lipinski definition) is 3.